The summed E-state index contributed by atoms with van der Waals surface area (Å²) in [5.74, 6) is 0. The fraction of sp³-hybridized carbons (Fsp3) is 0.571. The molecular formula is C14H21BrClNO. The Morgan fingerprint density at radius 1 is 1.44 bits per heavy atom. The number of nitrogens with one attached hydrogen (secondary N) is 1. The summed E-state index contributed by atoms with van der Waals surface area (Å²) in [4.78, 5) is 0. The standard InChI is InChI=1S/C14H21BrClNO/c1-3-7-17-13(6-8-18-2)9-11-4-5-12(15)10-14(11)16/h4-5,10,13,17H,3,6-9H2,1-2H3. The molecule has 0 radical (unpaired) electrons. The molecule has 0 amide bonds. The Hall–Kier alpha value is -0.0900. The molecular weight excluding hydrogens is 314 g/mol. The molecule has 102 valence electrons. The number of hydrogen-bond acceptors (Lipinski definition) is 2. The van der Waals surface area contributed by atoms with Gasteiger partial charge in [-0.2, -0.15) is 0 Å². The number of halogens is 2. The van der Waals surface area contributed by atoms with Crippen LogP contribution in [0.25, 0.3) is 0 Å². The fourth-order valence-corrected chi connectivity index (χ4v) is 2.59. The van der Waals surface area contributed by atoms with Gasteiger partial charge in [0.25, 0.3) is 0 Å². The minimum atomic E-state index is 0.420. The number of methoxy groups -OCH3 is 1. The van der Waals surface area contributed by atoms with Gasteiger partial charge in [0.1, 0.15) is 0 Å². The molecule has 0 bridgehead atoms. The highest BCUT2D eigenvalue weighted by Gasteiger charge is 2.11. The molecule has 0 saturated heterocycles. The summed E-state index contributed by atoms with van der Waals surface area (Å²) >= 11 is 9.68. The van der Waals surface area contributed by atoms with Gasteiger partial charge in [0, 0.05) is 29.3 Å². The van der Waals surface area contributed by atoms with Gasteiger partial charge in [-0.25, -0.2) is 0 Å². The van der Waals surface area contributed by atoms with Crippen LogP contribution in [0.2, 0.25) is 5.02 Å². The van der Waals surface area contributed by atoms with E-state index in [4.69, 9.17) is 16.3 Å². The molecule has 0 saturated carbocycles. The Balaban J connectivity index is 2.62. The van der Waals surface area contributed by atoms with E-state index in [9.17, 15) is 0 Å². The molecule has 1 N–H and O–H groups in total. The normalized spacial score (nSPS) is 12.7. The van der Waals surface area contributed by atoms with Gasteiger partial charge in [0.15, 0.2) is 0 Å². The maximum absolute atomic E-state index is 6.25. The van der Waals surface area contributed by atoms with Gasteiger partial charge >= 0.3 is 0 Å². The first-order valence-corrected chi connectivity index (χ1v) is 7.50. The Morgan fingerprint density at radius 2 is 2.22 bits per heavy atom. The third-order valence-electron chi connectivity index (χ3n) is 2.83. The van der Waals surface area contributed by atoms with Gasteiger partial charge in [0.05, 0.1) is 0 Å². The van der Waals surface area contributed by atoms with E-state index < -0.39 is 0 Å². The molecule has 0 aromatic heterocycles. The highest BCUT2D eigenvalue weighted by atomic mass is 79.9. The highest BCUT2D eigenvalue weighted by Crippen LogP contribution is 2.23. The van der Waals surface area contributed by atoms with Gasteiger partial charge in [-0.3, -0.25) is 0 Å². The van der Waals surface area contributed by atoms with Crippen molar-refractivity contribution < 1.29 is 4.74 Å². The van der Waals surface area contributed by atoms with Crippen molar-refractivity contribution in [3.63, 3.8) is 0 Å². The minimum absolute atomic E-state index is 0.420. The summed E-state index contributed by atoms with van der Waals surface area (Å²) in [6.45, 7) is 3.98. The maximum atomic E-state index is 6.25. The zero-order valence-corrected chi connectivity index (χ0v) is 13.4. The molecule has 0 aliphatic carbocycles. The summed E-state index contributed by atoms with van der Waals surface area (Å²) in [7, 11) is 1.74. The topological polar surface area (TPSA) is 21.3 Å². The summed E-state index contributed by atoms with van der Waals surface area (Å²) < 4.78 is 6.18. The van der Waals surface area contributed by atoms with E-state index in [1.807, 2.05) is 12.1 Å². The second kappa shape index (κ2) is 8.92. The lowest BCUT2D eigenvalue weighted by atomic mass is 10.0. The molecule has 0 heterocycles. The van der Waals surface area contributed by atoms with E-state index in [1.54, 1.807) is 7.11 Å². The SMILES string of the molecule is CCCNC(CCOC)Cc1ccc(Br)cc1Cl. The smallest absolute Gasteiger partial charge is 0.0477 e. The molecule has 1 unspecified atom stereocenters. The van der Waals surface area contributed by atoms with E-state index in [2.05, 4.69) is 34.2 Å². The molecule has 4 heteroatoms. The first-order chi connectivity index (χ1) is 8.67. The number of benzene rings is 1. The van der Waals surface area contributed by atoms with Gasteiger partial charge < -0.3 is 10.1 Å². The number of hydrogen-bond donors (Lipinski definition) is 1. The number of rotatable bonds is 8. The zero-order valence-electron chi connectivity index (χ0n) is 11.0. The van der Waals surface area contributed by atoms with Crippen molar-refractivity contribution in [3.05, 3.63) is 33.3 Å². The van der Waals surface area contributed by atoms with Crippen LogP contribution in [0.3, 0.4) is 0 Å². The van der Waals surface area contributed by atoms with Crippen LogP contribution in [0, 0.1) is 0 Å². The summed E-state index contributed by atoms with van der Waals surface area (Å²) in [6, 6.07) is 6.49. The third kappa shape index (κ3) is 5.70. The molecule has 1 atom stereocenters. The molecule has 1 rings (SSSR count). The van der Waals surface area contributed by atoms with Gasteiger partial charge in [-0.15, -0.1) is 0 Å². The van der Waals surface area contributed by atoms with Crippen LogP contribution >= 0.6 is 27.5 Å². The lowest BCUT2D eigenvalue weighted by Gasteiger charge is -2.19. The van der Waals surface area contributed by atoms with Crippen LogP contribution in [0.5, 0.6) is 0 Å². The van der Waals surface area contributed by atoms with Crippen LogP contribution in [0.1, 0.15) is 25.3 Å². The second-order valence-electron chi connectivity index (χ2n) is 4.37. The lowest BCUT2D eigenvalue weighted by molar-refractivity contribution is 0.182. The van der Waals surface area contributed by atoms with Crippen LogP contribution in [0.4, 0.5) is 0 Å². The van der Waals surface area contributed by atoms with Crippen LogP contribution in [-0.4, -0.2) is 26.3 Å². The fourth-order valence-electron chi connectivity index (χ4n) is 1.84. The predicted octanol–water partition coefficient (Wildman–Crippen LogP) is 4.05. The van der Waals surface area contributed by atoms with Crippen LogP contribution in [-0.2, 0) is 11.2 Å². The highest BCUT2D eigenvalue weighted by molar-refractivity contribution is 9.10. The second-order valence-corrected chi connectivity index (χ2v) is 5.70. The Labute approximate surface area is 123 Å². The van der Waals surface area contributed by atoms with Crippen molar-refractivity contribution in [1.82, 2.24) is 5.32 Å². The largest absolute Gasteiger partial charge is 0.385 e. The van der Waals surface area contributed by atoms with E-state index in [0.717, 1.165) is 41.9 Å². The molecule has 1 aromatic rings. The van der Waals surface area contributed by atoms with Gasteiger partial charge in [-0.1, -0.05) is 40.5 Å². The van der Waals surface area contributed by atoms with E-state index in [0.29, 0.717) is 6.04 Å². The average Bonchev–Trinajstić information content (AvgIpc) is 2.35. The van der Waals surface area contributed by atoms with Crippen molar-refractivity contribution in [2.24, 2.45) is 0 Å². The third-order valence-corrected chi connectivity index (χ3v) is 3.68. The van der Waals surface area contributed by atoms with Crippen molar-refractivity contribution in [1.29, 1.82) is 0 Å². The van der Waals surface area contributed by atoms with Crippen molar-refractivity contribution in [3.8, 4) is 0 Å². The molecule has 1 aromatic carbocycles. The molecule has 18 heavy (non-hydrogen) atoms. The van der Waals surface area contributed by atoms with E-state index >= 15 is 0 Å². The quantitative estimate of drug-likeness (QED) is 0.774. The van der Waals surface area contributed by atoms with Crippen molar-refractivity contribution in [2.75, 3.05) is 20.3 Å². The van der Waals surface area contributed by atoms with Crippen molar-refractivity contribution in [2.45, 2.75) is 32.2 Å². The number of ether oxygens (including phenoxy) is 1. The Kier molecular flexibility index (Phi) is 7.91. The zero-order chi connectivity index (χ0) is 13.4. The molecule has 2 nitrogen and oxygen atoms in total. The average molecular weight is 335 g/mol. The molecule has 0 aliphatic rings. The lowest BCUT2D eigenvalue weighted by Crippen LogP contribution is -2.33. The summed E-state index contributed by atoms with van der Waals surface area (Å²) in [5, 5.41) is 4.37. The van der Waals surface area contributed by atoms with Gasteiger partial charge in [-0.05, 0) is 43.5 Å². The first-order valence-electron chi connectivity index (χ1n) is 6.33. The molecule has 0 aliphatic heterocycles. The Bertz CT molecular complexity index is 352. The maximum Gasteiger partial charge on any atom is 0.0477 e. The van der Waals surface area contributed by atoms with Crippen molar-refractivity contribution >= 4 is 27.5 Å². The molecule has 0 spiro atoms. The summed E-state index contributed by atoms with van der Waals surface area (Å²) in [6.07, 6.45) is 3.08. The minimum Gasteiger partial charge on any atom is -0.385 e. The van der Waals surface area contributed by atoms with E-state index in [-0.39, 0.29) is 0 Å². The predicted molar refractivity (Wildman–Crippen MR) is 81.4 cm³/mol. The van der Waals surface area contributed by atoms with E-state index in [1.165, 1.54) is 5.56 Å². The summed E-state index contributed by atoms with van der Waals surface area (Å²) in [5.41, 5.74) is 1.18. The Morgan fingerprint density at radius 3 is 2.83 bits per heavy atom. The first kappa shape index (κ1) is 16.0. The monoisotopic (exact) mass is 333 g/mol. The van der Waals surface area contributed by atoms with Gasteiger partial charge in [0.2, 0.25) is 0 Å². The molecule has 0 fully saturated rings. The van der Waals surface area contributed by atoms with Crippen LogP contribution < -0.4 is 5.32 Å². The van der Waals surface area contributed by atoms with Crippen LogP contribution in [0.15, 0.2) is 22.7 Å².